The first-order valence-corrected chi connectivity index (χ1v) is 8.33. The largest absolute Gasteiger partial charge is 0.459 e. The molecule has 3 rings (SSSR count). The number of morpholine rings is 1. The monoisotopic (exact) mass is 350 g/mol. The number of nitrogens with one attached hydrogen (secondary N) is 2. The van der Waals surface area contributed by atoms with Gasteiger partial charge in [0.15, 0.2) is 10.9 Å². The van der Waals surface area contributed by atoms with Crippen LogP contribution in [0, 0.1) is 13.8 Å². The summed E-state index contributed by atoms with van der Waals surface area (Å²) >= 11 is 1.30. The van der Waals surface area contributed by atoms with Crippen LogP contribution in [-0.4, -0.2) is 43.1 Å². The van der Waals surface area contributed by atoms with Gasteiger partial charge in [-0.1, -0.05) is 11.3 Å². The van der Waals surface area contributed by atoms with Gasteiger partial charge in [-0.3, -0.25) is 20.4 Å². The Labute approximate surface area is 142 Å². The topological polar surface area (TPSA) is 96.7 Å². The summed E-state index contributed by atoms with van der Waals surface area (Å²) in [4.78, 5) is 31.2. The summed E-state index contributed by atoms with van der Waals surface area (Å²) in [5.74, 6) is -0.728. The Hall–Kier alpha value is -2.39. The van der Waals surface area contributed by atoms with Crippen LogP contribution in [0.5, 0.6) is 0 Å². The van der Waals surface area contributed by atoms with Crippen LogP contribution in [0.15, 0.2) is 16.7 Å². The number of anilines is 1. The lowest BCUT2D eigenvalue weighted by Crippen LogP contribution is -2.41. The molecule has 0 aliphatic carbocycles. The minimum absolute atomic E-state index is 0.172. The van der Waals surface area contributed by atoms with Crippen LogP contribution in [0.25, 0.3) is 0 Å². The molecule has 2 N–H and O–H groups in total. The first-order valence-electron chi connectivity index (χ1n) is 7.51. The fraction of sp³-hybridized carbons (Fsp3) is 0.400. The van der Waals surface area contributed by atoms with Crippen LogP contribution in [0.1, 0.15) is 31.5 Å². The van der Waals surface area contributed by atoms with Crippen molar-refractivity contribution >= 4 is 28.3 Å². The Bertz CT molecular complexity index is 748. The van der Waals surface area contributed by atoms with E-state index >= 15 is 0 Å². The number of hydrogen-bond acceptors (Lipinski definition) is 7. The summed E-state index contributed by atoms with van der Waals surface area (Å²) in [5, 5.41) is 0.786. The Morgan fingerprint density at radius 3 is 2.58 bits per heavy atom. The summed E-state index contributed by atoms with van der Waals surface area (Å²) in [6.45, 7) is 6.33. The number of carbonyl (C=O) groups excluding carboxylic acids is 2. The molecule has 0 aromatic carbocycles. The SMILES string of the molecule is Cc1ccoc1C(=O)NNC(=O)c1sc(N2CCOCC2)nc1C. The Morgan fingerprint density at radius 2 is 1.92 bits per heavy atom. The first-order chi connectivity index (χ1) is 11.6. The van der Waals surface area contributed by atoms with E-state index in [1.54, 1.807) is 19.9 Å². The molecule has 0 atom stereocenters. The second kappa shape index (κ2) is 7.02. The molecule has 0 saturated carbocycles. The third-order valence-electron chi connectivity index (χ3n) is 3.63. The van der Waals surface area contributed by atoms with Gasteiger partial charge in [0.05, 0.1) is 25.2 Å². The number of thiazole rings is 1. The van der Waals surface area contributed by atoms with Crippen molar-refractivity contribution in [2.45, 2.75) is 13.8 Å². The molecule has 2 amide bonds. The average molecular weight is 350 g/mol. The molecule has 128 valence electrons. The van der Waals surface area contributed by atoms with Crippen molar-refractivity contribution in [1.29, 1.82) is 0 Å². The highest BCUT2D eigenvalue weighted by Gasteiger charge is 2.21. The molecule has 1 saturated heterocycles. The Kier molecular flexibility index (Phi) is 4.81. The molecule has 0 spiro atoms. The van der Waals surface area contributed by atoms with Crippen LogP contribution < -0.4 is 15.8 Å². The smallest absolute Gasteiger partial charge is 0.305 e. The van der Waals surface area contributed by atoms with E-state index in [4.69, 9.17) is 9.15 Å². The average Bonchev–Trinajstić information content (AvgIpc) is 3.19. The normalized spacial score (nSPS) is 14.5. The summed E-state index contributed by atoms with van der Waals surface area (Å²) in [6.07, 6.45) is 1.42. The summed E-state index contributed by atoms with van der Waals surface area (Å²) in [7, 11) is 0. The van der Waals surface area contributed by atoms with E-state index in [2.05, 4.69) is 20.7 Å². The van der Waals surface area contributed by atoms with Gasteiger partial charge in [-0.15, -0.1) is 0 Å². The van der Waals surface area contributed by atoms with E-state index in [1.165, 1.54) is 17.6 Å². The molecule has 2 aromatic heterocycles. The second-order valence-electron chi connectivity index (χ2n) is 5.35. The Balaban J connectivity index is 1.63. The van der Waals surface area contributed by atoms with E-state index < -0.39 is 11.8 Å². The summed E-state index contributed by atoms with van der Waals surface area (Å²) < 4.78 is 10.4. The van der Waals surface area contributed by atoms with Crippen LogP contribution in [0.2, 0.25) is 0 Å². The van der Waals surface area contributed by atoms with Gasteiger partial charge in [-0.2, -0.15) is 0 Å². The van der Waals surface area contributed by atoms with Gasteiger partial charge in [-0.25, -0.2) is 4.98 Å². The number of hydrazine groups is 1. The third kappa shape index (κ3) is 3.41. The fourth-order valence-corrected chi connectivity index (χ4v) is 3.33. The number of carbonyl (C=O) groups is 2. The van der Waals surface area contributed by atoms with Gasteiger partial charge in [0.25, 0.3) is 5.91 Å². The zero-order valence-corrected chi connectivity index (χ0v) is 14.2. The van der Waals surface area contributed by atoms with Crippen molar-refractivity contribution in [2.24, 2.45) is 0 Å². The molecule has 9 heteroatoms. The standard InChI is InChI=1S/C15H18N4O4S/c1-9-3-6-23-11(9)13(20)17-18-14(21)12-10(2)16-15(24-12)19-4-7-22-8-5-19/h3,6H,4-5,7-8H2,1-2H3,(H,17,20)(H,18,21). The van der Waals surface area contributed by atoms with E-state index in [9.17, 15) is 9.59 Å². The van der Waals surface area contributed by atoms with Crippen molar-refractivity contribution in [2.75, 3.05) is 31.2 Å². The number of nitrogens with zero attached hydrogens (tertiary/aromatic N) is 2. The van der Waals surface area contributed by atoms with Crippen LogP contribution >= 0.6 is 11.3 Å². The van der Waals surface area contributed by atoms with E-state index in [0.717, 1.165) is 18.2 Å². The van der Waals surface area contributed by atoms with Gasteiger partial charge in [0.1, 0.15) is 4.88 Å². The third-order valence-corrected chi connectivity index (χ3v) is 4.85. The van der Waals surface area contributed by atoms with Crippen LogP contribution in [-0.2, 0) is 4.74 Å². The fourth-order valence-electron chi connectivity index (χ4n) is 2.32. The number of aryl methyl sites for hydroxylation is 2. The summed E-state index contributed by atoms with van der Waals surface area (Å²) in [5.41, 5.74) is 6.08. The lowest BCUT2D eigenvalue weighted by Gasteiger charge is -2.25. The molecule has 24 heavy (non-hydrogen) atoms. The zero-order valence-electron chi connectivity index (χ0n) is 13.4. The molecule has 3 heterocycles. The molecule has 1 aliphatic rings. The van der Waals surface area contributed by atoms with Gasteiger partial charge < -0.3 is 14.1 Å². The van der Waals surface area contributed by atoms with Crippen molar-refractivity contribution in [3.05, 3.63) is 34.2 Å². The predicted molar refractivity (Wildman–Crippen MR) is 88.3 cm³/mol. The Morgan fingerprint density at radius 1 is 1.21 bits per heavy atom. The molecule has 0 unspecified atom stereocenters. The highest BCUT2D eigenvalue weighted by atomic mass is 32.1. The van der Waals surface area contributed by atoms with Gasteiger partial charge in [0.2, 0.25) is 0 Å². The van der Waals surface area contributed by atoms with E-state index in [0.29, 0.717) is 29.3 Å². The van der Waals surface area contributed by atoms with Crippen molar-refractivity contribution in [3.8, 4) is 0 Å². The highest BCUT2D eigenvalue weighted by Crippen LogP contribution is 2.26. The number of amides is 2. The van der Waals surface area contributed by atoms with Crippen LogP contribution in [0.3, 0.4) is 0 Å². The highest BCUT2D eigenvalue weighted by molar-refractivity contribution is 7.17. The lowest BCUT2D eigenvalue weighted by molar-refractivity contribution is 0.0831. The number of rotatable bonds is 3. The lowest BCUT2D eigenvalue weighted by atomic mass is 10.3. The quantitative estimate of drug-likeness (QED) is 0.809. The molecule has 0 radical (unpaired) electrons. The second-order valence-corrected chi connectivity index (χ2v) is 6.33. The molecule has 8 nitrogen and oxygen atoms in total. The maximum absolute atomic E-state index is 12.3. The van der Waals surface area contributed by atoms with Gasteiger partial charge >= 0.3 is 5.91 Å². The van der Waals surface area contributed by atoms with E-state index in [-0.39, 0.29) is 5.76 Å². The molecular formula is C15H18N4O4S. The van der Waals surface area contributed by atoms with Gasteiger partial charge in [0, 0.05) is 18.7 Å². The minimum atomic E-state index is -0.499. The molecule has 2 aromatic rings. The maximum Gasteiger partial charge on any atom is 0.305 e. The summed E-state index contributed by atoms with van der Waals surface area (Å²) in [6, 6.07) is 1.68. The van der Waals surface area contributed by atoms with Crippen molar-refractivity contribution in [1.82, 2.24) is 15.8 Å². The molecule has 1 fully saturated rings. The van der Waals surface area contributed by atoms with Crippen molar-refractivity contribution < 1.29 is 18.7 Å². The number of aromatic nitrogens is 1. The number of hydrogen-bond donors (Lipinski definition) is 2. The molecular weight excluding hydrogens is 332 g/mol. The predicted octanol–water partition coefficient (Wildman–Crippen LogP) is 1.26. The van der Waals surface area contributed by atoms with Crippen molar-refractivity contribution in [3.63, 3.8) is 0 Å². The van der Waals surface area contributed by atoms with E-state index in [1.807, 2.05) is 0 Å². The number of ether oxygens (including phenoxy) is 1. The first kappa shape index (κ1) is 16.5. The van der Waals surface area contributed by atoms with Crippen LogP contribution in [0.4, 0.5) is 5.13 Å². The number of furan rings is 1. The maximum atomic E-state index is 12.3. The van der Waals surface area contributed by atoms with Gasteiger partial charge in [-0.05, 0) is 19.9 Å². The molecule has 0 bridgehead atoms. The minimum Gasteiger partial charge on any atom is -0.459 e. The zero-order chi connectivity index (χ0) is 17.1. The molecule has 1 aliphatic heterocycles.